The fourth-order valence-electron chi connectivity index (χ4n) is 5.70. The lowest BCUT2D eigenvalue weighted by molar-refractivity contribution is -0.149. The summed E-state index contributed by atoms with van der Waals surface area (Å²) in [5.41, 5.74) is 0. The summed E-state index contributed by atoms with van der Waals surface area (Å²) in [6, 6.07) is 0. The van der Waals surface area contributed by atoms with Crippen molar-refractivity contribution in [3.05, 3.63) is 12.2 Å². The van der Waals surface area contributed by atoms with Gasteiger partial charge in [-0.3, -0.25) is 9.59 Å². The van der Waals surface area contributed by atoms with E-state index >= 15 is 0 Å². The van der Waals surface area contributed by atoms with Crippen LogP contribution in [0.15, 0.2) is 12.2 Å². The first kappa shape index (κ1) is 40.7. The van der Waals surface area contributed by atoms with Crippen LogP contribution < -0.4 is 0 Å². The van der Waals surface area contributed by atoms with E-state index < -0.39 is 5.97 Å². The number of carboxylic acid groups (broad SMARTS) is 1. The molecule has 0 aliphatic rings. The van der Waals surface area contributed by atoms with Gasteiger partial charge < -0.3 is 9.84 Å². The maximum Gasteiger partial charge on any atom is 0.306 e. The highest BCUT2D eigenvalue weighted by Gasteiger charge is 2.12. The van der Waals surface area contributed by atoms with E-state index in [9.17, 15) is 9.59 Å². The topological polar surface area (TPSA) is 63.6 Å². The molecule has 0 heterocycles. The van der Waals surface area contributed by atoms with Crippen molar-refractivity contribution in [1.29, 1.82) is 0 Å². The van der Waals surface area contributed by atoms with E-state index in [4.69, 9.17) is 9.84 Å². The molecule has 0 spiro atoms. The number of esters is 1. The van der Waals surface area contributed by atoms with E-state index in [0.717, 1.165) is 38.5 Å². The molecule has 1 atom stereocenters. The third-order valence-electron chi connectivity index (χ3n) is 8.56. The molecule has 248 valence electrons. The Morgan fingerprint density at radius 1 is 0.524 bits per heavy atom. The Bertz CT molecular complexity index is 600. The van der Waals surface area contributed by atoms with Gasteiger partial charge in [0.25, 0.3) is 0 Å². The summed E-state index contributed by atoms with van der Waals surface area (Å²) in [5, 5.41) is 8.64. The zero-order chi connectivity index (χ0) is 30.8. The maximum atomic E-state index is 12.3. The highest BCUT2D eigenvalue weighted by Crippen LogP contribution is 2.17. The smallest absolute Gasteiger partial charge is 0.306 e. The number of allylic oxidation sites excluding steroid dienone is 2. The molecular formula is C38H72O4. The standard InChI is InChI=1S/C38H72O4/c1-3-5-6-7-8-9-10-11-12-17-20-23-26-29-32-35-38(41)42-36(4-2)33-30-27-24-21-18-15-13-14-16-19-22-25-28-31-34-37(39)40/h11-12,36H,3-10,13-35H2,1-2H3,(H,39,40)/b12-11-. The van der Waals surface area contributed by atoms with Crippen molar-refractivity contribution < 1.29 is 19.4 Å². The van der Waals surface area contributed by atoms with Gasteiger partial charge in [0, 0.05) is 12.8 Å². The molecule has 4 heteroatoms. The predicted molar refractivity (Wildman–Crippen MR) is 181 cm³/mol. The Morgan fingerprint density at radius 3 is 1.33 bits per heavy atom. The van der Waals surface area contributed by atoms with Gasteiger partial charge in [0.1, 0.15) is 6.10 Å². The van der Waals surface area contributed by atoms with Crippen molar-refractivity contribution in [2.75, 3.05) is 0 Å². The molecule has 1 N–H and O–H groups in total. The molecule has 0 rings (SSSR count). The minimum Gasteiger partial charge on any atom is -0.481 e. The number of carbonyl (C=O) groups excluding carboxylic acids is 1. The van der Waals surface area contributed by atoms with Crippen molar-refractivity contribution in [2.24, 2.45) is 0 Å². The van der Waals surface area contributed by atoms with Gasteiger partial charge in [-0.2, -0.15) is 0 Å². The van der Waals surface area contributed by atoms with E-state index in [2.05, 4.69) is 26.0 Å². The van der Waals surface area contributed by atoms with Crippen LogP contribution in [0.5, 0.6) is 0 Å². The first-order valence-corrected chi connectivity index (χ1v) is 18.7. The molecule has 0 saturated heterocycles. The van der Waals surface area contributed by atoms with Gasteiger partial charge in [-0.25, -0.2) is 0 Å². The van der Waals surface area contributed by atoms with Crippen molar-refractivity contribution in [2.45, 2.75) is 219 Å². The van der Waals surface area contributed by atoms with Gasteiger partial charge in [0.2, 0.25) is 0 Å². The summed E-state index contributed by atoms with van der Waals surface area (Å²) >= 11 is 0. The number of aliphatic carboxylic acids is 1. The molecule has 4 nitrogen and oxygen atoms in total. The fraction of sp³-hybridized carbons (Fsp3) is 0.895. The number of ether oxygens (including phenoxy) is 1. The van der Waals surface area contributed by atoms with Gasteiger partial charge in [-0.1, -0.05) is 154 Å². The lowest BCUT2D eigenvalue weighted by Gasteiger charge is -2.16. The molecule has 0 bridgehead atoms. The summed E-state index contributed by atoms with van der Waals surface area (Å²) in [6.45, 7) is 4.41. The first-order valence-electron chi connectivity index (χ1n) is 18.7. The van der Waals surface area contributed by atoms with Crippen LogP contribution >= 0.6 is 0 Å². The van der Waals surface area contributed by atoms with Gasteiger partial charge in [-0.15, -0.1) is 0 Å². The average molecular weight is 593 g/mol. The van der Waals surface area contributed by atoms with Gasteiger partial charge in [-0.05, 0) is 57.8 Å². The minimum atomic E-state index is -0.666. The Balaban J connectivity index is 3.43. The Kier molecular flexibility index (Phi) is 33.1. The van der Waals surface area contributed by atoms with E-state index in [-0.39, 0.29) is 12.1 Å². The largest absolute Gasteiger partial charge is 0.481 e. The second-order valence-corrected chi connectivity index (χ2v) is 12.7. The minimum absolute atomic E-state index is 0.0117. The zero-order valence-electron chi connectivity index (χ0n) is 28.3. The second-order valence-electron chi connectivity index (χ2n) is 12.7. The fourth-order valence-corrected chi connectivity index (χ4v) is 5.70. The lowest BCUT2D eigenvalue weighted by atomic mass is 10.0. The zero-order valence-corrected chi connectivity index (χ0v) is 28.3. The highest BCUT2D eigenvalue weighted by atomic mass is 16.5. The van der Waals surface area contributed by atoms with E-state index in [1.165, 1.54) is 148 Å². The van der Waals surface area contributed by atoms with E-state index in [1.807, 2.05) is 0 Å². The molecule has 0 fully saturated rings. The highest BCUT2D eigenvalue weighted by molar-refractivity contribution is 5.69. The number of rotatable bonds is 34. The number of carboxylic acids is 1. The number of hydrogen-bond acceptors (Lipinski definition) is 3. The molecule has 0 amide bonds. The van der Waals surface area contributed by atoms with Crippen LogP contribution in [0, 0.1) is 0 Å². The molecule has 0 aliphatic heterocycles. The van der Waals surface area contributed by atoms with Crippen molar-refractivity contribution >= 4 is 11.9 Å². The molecule has 1 unspecified atom stereocenters. The van der Waals surface area contributed by atoms with Crippen LogP contribution in [0.2, 0.25) is 0 Å². The number of carbonyl (C=O) groups is 2. The van der Waals surface area contributed by atoms with Gasteiger partial charge in [0.05, 0.1) is 0 Å². The summed E-state index contributed by atoms with van der Waals surface area (Å²) in [5.74, 6) is -0.655. The molecule has 42 heavy (non-hydrogen) atoms. The SMILES string of the molecule is CCCCCCCC/C=C\CCCCCCCC(=O)OC(CC)CCCCCCCCCCCCCCCCC(=O)O. The molecule has 0 aromatic heterocycles. The Hall–Kier alpha value is -1.32. The predicted octanol–water partition coefficient (Wildman–Crippen LogP) is 12.7. The third-order valence-corrected chi connectivity index (χ3v) is 8.56. The van der Waals surface area contributed by atoms with Crippen LogP contribution in [0.3, 0.4) is 0 Å². The molecular weight excluding hydrogens is 520 g/mol. The number of hydrogen-bond donors (Lipinski definition) is 1. The van der Waals surface area contributed by atoms with Crippen molar-refractivity contribution in [3.63, 3.8) is 0 Å². The summed E-state index contributed by atoms with van der Waals surface area (Å²) in [7, 11) is 0. The number of unbranched alkanes of at least 4 members (excludes halogenated alkanes) is 24. The van der Waals surface area contributed by atoms with Crippen LogP contribution in [0.25, 0.3) is 0 Å². The Morgan fingerprint density at radius 2 is 0.905 bits per heavy atom. The normalized spacial score (nSPS) is 12.2. The van der Waals surface area contributed by atoms with Gasteiger partial charge in [0.15, 0.2) is 0 Å². The first-order chi connectivity index (χ1) is 20.6. The maximum absolute atomic E-state index is 12.3. The quantitative estimate of drug-likeness (QED) is 0.0458. The average Bonchev–Trinajstić information content (AvgIpc) is 2.98. The molecule has 0 aliphatic carbocycles. The van der Waals surface area contributed by atoms with Crippen LogP contribution in [-0.2, 0) is 14.3 Å². The van der Waals surface area contributed by atoms with Crippen molar-refractivity contribution in [3.8, 4) is 0 Å². The molecule has 0 radical (unpaired) electrons. The molecule has 0 aromatic carbocycles. The second kappa shape index (κ2) is 34.2. The monoisotopic (exact) mass is 593 g/mol. The summed E-state index contributed by atoms with van der Waals surface area (Å²) in [6.07, 6.45) is 41.7. The molecule has 0 aromatic rings. The summed E-state index contributed by atoms with van der Waals surface area (Å²) in [4.78, 5) is 22.8. The molecule has 0 saturated carbocycles. The van der Waals surface area contributed by atoms with Crippen LogP contribution in [0.4, 0.5) is 0 Å². The van der Waals surface area contributed by atoms with Crippen molar-refractivity contribution in [1.82, 2.24) is 0 Å². The van der Waals surface area contributed by atoms with Gasteiger partial charge >= 0.3 is 11.9 Å². The van der Waals surface area contributed by atoms with E-state index in [0.29, 0.717) is 12.8 Å². The van der Waals surface area contributed by atoms with E-state index in [1.54, 1.807) is 0 Å². The van der Waals surface area contributed by atoms with Crippen LogP contribution in [0.1, 0.15) is 213 Å². The lowest BCUT2D eigenvalue weighted by Crippen LogP contribution is -2.17. The van der Waals surface area contributed by atoms with Crippen LogP contribution in [-0.4, -0.2) is 23.1 Å². The Labute approximate surface area is 262 Å². The summed E-state index contributed by atoms with van der Waals surface area (Å²) < 4.78 is 5.78. The third kappa shape index (κ3) is 33.2.